The highest BCUT2D eigenvalue weighted by atomic mass is 35.5. The zero-order chi connectivity index (χ0) is 11.8. The Morgan fingerprint density at radius 2 is 2.19 bits per heavy atom. The van der Waals surface area contributed by atoms with Crippen molar-refractivity contribution in [1.29, 1.82) is 0 Å². The standard InChI is InChI=1S/C12H19ClN2O/c1-3-12(6-4-5-7-12)11(16)10-9(13)8-14-15(10)2/h8,11,16H,3-7H2,1-2H3. The summed E-state index contributed by atoms with van der Waals surface area (Å²) in [5.41, 5.74) is 0.780. The van der Waals surface area contributed by atoms with Crippen LogP contribution in [0.15, 0.2) is 6.20 Å². The van der Waals surface area contributed by atoms with E-state index in [4.69, 9.17) is 11.6 Å². The van der Waals surface area contributed by atoms with Crippen LogP contribution in [-0.2, 0) is 7.05 Å². The molecule has 1 atom stereocenters. The van der Waals surface area contributed by atoms with Gasteiger partial charge in [-0.05, 0) is 19.3 Å². The monoisotopic (exact) mass is 242 g/mol. The minimum Gasteiger partial charge on any atom is -0.386 e. The first-order valence-corrected chi connectivity index (χ1v) is 6.34. The first kappa shape index (κ1) is 11.9. The fourth-order valence-corrected chi connectivity index (χ4v) is 3.19. The topological polar surface area (TPSA) is 38.1 Å². The molecule has 1 saturated carbocycles. The second kappa shape index (κ2) is 4.38. The predicted molar refractivity (Wildman–Crippen MR) is 64.4 cm³/mol. The molecule has 1 aromatic rings. The Hall–Kier alpha value is -0.540. The molecule has 16 heavy (non-hydrogen) atoms. The van der Waals surface area contributed by atoms with Crippen LogP contribution in [-0.4, -0.2) is 14.9 Å². The van der Waals surface area contributed by atoms with Gasteiger partial charge in [-0.1, -0.05) is 31.4 Å². The first-order chi connectivity index (χ1) is 7.60. The summed E-state index contributed by atoms with van der Waals surface area (Å²) in [4.78, 5) is 0. The summed E-state index contributed by atoms with van der Waals surface area (Å²) in [6, 6.07) is 0. The Kier molecular flexibility index (Phi) is 3.27. The number of hydrogen-bond donors (Lipinski definition) is 1. The van der Waals surface area contributed by atoms with Crippen molar-refractivity contribution in [2.24, 2.45) is 12.5 Å². The van der Waals surface area contributed by atoms with E-state index in [0.29, 0.717) is 5.02 Å². The summed E-state index contributed by atoms with van der Waals surface area (Å²) in [6.07, 6.45) is 6.72. The van der Waals surface area contributed by atoms with E-state index >= 15 is 0 Å². The van der Waals surface area contributed by atoms with Gasteiger partial charge in [0.1, 0.15) is 6.10 Å². The largest absolute Gasteiger partial charge is 0.386 e. The average Bonchev–Trinajstić information content (AvgIpc) is 2.86. The number of aryl methyl sites for hydroxylation is 1. The minimum atomic E-state index is -0.486. The highest BCUT2D eigenvalue weighted by Crippen LogP contribution is 2.50. The Labute approximate surface area is 101 Å². The van der Waals surface area contributed by atoms with Gasteiger partial charge in [-0.2, -0.15) is 5.10 Å². The number of aromatic nitrogens is 2. The summed E-state index contributed by atoms with van der Waals surface area (Å²) in [6.45, 7) is 2.15. The van der Waals surface area contributed by atoms with E-state index in [9.17, 15) is 5.11 Å². The number of aliphatic hydroxyl groups excluding tert-OH is 1. The first-order valence-electron chi connectivity index (χ1n) is 5.96. The van der Waals surface area contributed by atoms with Crippen molar-refractivity contribution >= 4 is 11.6 Å². The van der Waals surface area contributed by atoms with Crippen molar-refractivity contribution < 1.29 is 5.11 Å². The molecule has 0 aliphatic heterocycles. The molecular formula is C12H19ClN2O. The molecule has 1 heterocycles. The van der Waals surface area contributed by atoms with Crippen LogP contribution in [0, 0.1) is 5.41 Å². The Balaban J connectivity index is 2.33. The van der Waals surface area contributed by atoms with Gasteiger partial charge in [0.25, 0.3) is 0 Å². The lowest BCUT2D eigenvalue weighted by molar-refractivity contribution is 0.0178. The molecule has 3 nitrogen and oxygen atoms in total. The zero-order valence-corrected chi connectivity index (χ0v) is 10.7. The van der Waals surface area contributed by atoms with Crippen LogP contribution in [0.25, 0.3) is 0 Å². The summed E-state index contributed by atoms with van der Waals surface area (Å²) in [7, 11) is 1.84. The third-order valence-corrected chi connectivity index (χ3v) is 4.37. The van der Waals surface area contributed by atoms with Crippen molar-refractivity contribution in [2.45, 2.75) is 45.1 Å². The molecule has 0 aromatic carbocycles. The third-order valence-electron chi connectivity index (χ3n) is 4.08. The van der Waals surface area contributed by atoms with Gasteiger partial charge in [-0.25, -0.2) is 0 Å². The van der Waals surface area contributed by atoms with Crippen molar-refractivity contribution in [1.82, 2.24) is 9.78 Å². The van der Waals surface area contributed by atoms with Crippen molar-refractivity contribution in [3.8, 4) is 0 Å². The van der Waals surface area contributed by atoms with Gasteiger partial charge in [0.15, 0.2) is 0 Å². The molecule has 0 spiro atoms. The molecule has 1 aromatic heterocycles. The van der Waals surface area contributed by atoms with Crippen LogP contribution < -0.4 is 0 Å². The molecule has 1 unspecified atom stereocenters. The van der Waals surface area contributed by atoms with E-state index in [2.05, 4.69) is 12.0 Å². The smallest absolute Gasteiger partial charge is 0.103 e. The van der Waals surface area contributed by atoms with E-state index in [0.717, 1.165) is 25.0 Å². The van der Waals surface area contributed by atoms with E-state index < -0.39 is 6.10 Å². The van der Waals surface area contributed by atoms with Crippen molar-refractivity contribution in [3.05, 3.63) is 16.9 Å². The number of aliphatic hydroxyl groups is 1. The lowest BCUT2D eigenvalue weighted by Gasteiger charge is -2.33. The molecule has 1 fully saturated rings. The fourth-order valence-electron chi connectivity index (χ4n) is 2.92. The molecule has 2 rings (SSSR count). The maximum atomic E-state index is 10.6. The van der Waals surface area contributed by atoms with Crippen LogP contribution in [0.5, 0.6) is 0 Å². The summed E-state index contributed by atoms with van der Waals surface area (Å²) < 4.78 is 1.70. The summed E-state index contributed by atoms with van der Waals surface area (Å²) in [5, 5.41) is 15.3. The third kappa shape index (κ3) is 1.76. The van der Waals surface area contributed by atoms with Gasteiger partial charge in [0.05, 0.1) is 16.9 Å². The maximum absolute atomic E-state index is 10.6. The highest BCUT2D eigenvalue weighted by molar-refractivity contribution is 6.31. The zero-order valence-electron chi connectivity index (χ0n) is 9.91. The number of hydrogen-bond acceptors (Lipinski definition) is 2. The Morgan fingerprint density at radius 3 is 2.62 bits per heavy atom. The molecule has 1 N–H and O–H groups in total. The molecule has 1 aliphatic rings. The SMILES string of the molecule is CCC1(C(O)c2c(Cl)cnn2C)CCCC1. The van der Waals surface area contributed by atoms with Gasteiger partial charge < -0.3 is 5.11 Å². The Morgan fingerprint density at radius 1 is 1.56 bits per heavy atom. The molecular weight excluding hydrogens is 224 g/mol. The van der Waals surface area contributed by atoms with Crippen LogP contribution in [0.3, 0.4) is 0 Å². The molecule has 90 valence electrons. The summed E-state index contributed by atoms with van der Waals surface area (Å²) >= 11 is 6.09. The molecule has 1 aliphatic carbocycles. The van der Waals surface area contributed by atoms with Crippen LogP contribution in [0.2, 0.25) is 5.02 Å². The van der Waals surface area contributed by atoms with Gasteiger partial charge >= 0.3 is 0 Å². The lowest BCUT2D eigenvalue weighted by atomic mass is 9.76. The normalized spacial score (nSPS) is 21.2. The summed E-state index contributed by atoms with van der Waals surface area (Å²) in [5.74, 6) is 0. The van der Waals surface area contributed by atoms with E-state index in [1.54, 1.807) is 10.9 Å². The maximum Gasteiger partial charge on any atom is 0.103 e. The second-order valence-corrected chi connectivity index (χ2v) is 5.23. The van der Waals surface area contributed by atoms with Crippen molar-refractivity contribution in [2.75, 3.05) is 0 Å². The number of rotatable bonds is 3. The highest BCUT2D eigenvalue weighted by Gasteiger charge is 2.41. The van der Waals surface area contributed by atoms with E-state index in [1.165, 1.54) is 12.8 Å². The molecule has 0 radical (unpaired) electrons. The molecule has 0 saturated heterocycles. The second-order valence-electron chi connectivity index (χ2n) is 4.83. The van der Waals surface area contributed by atoms with E-state index in [1.807, 2.05) is 7.05 Å². The van der Waals surface area contributed by atoms with Crippen LogP contribution in [0.4, 0.5) is 0 Å². The average molecular weight is 243 g/mol. The van der Waals surface area contributed by atoms with Gasteiger partial charge in [0.2, 0.25) is 0 Å². The van der Waals surface area contributed by atoms with Crippen LogP contribution >= 0.6 is 11.6 Å². The molecule has 4 heteroatoms. The number of halogens is 1. The molecule has 0 amide bonds. The Bertz CT molecular complexity index is 350. The van der Waals surface area contributed by atoms with Gasteiger partial charge in [-0.3, -0.25) is 4.68 Å². The van der Waals surface area contributed by atoms with Gasteiger partial charge in [-0.15, -0.1) is 0 Å². The number of nitrogens with zero attached hydrogens (tertiary/aromatic N) is 2. The minimum absolute atomic E-state index is 0.0113. The van der Waals surface area contributed by atoms with Gasteiger partial charge in [0, 0.05) is 12.5 Å². The van der Waals surface area contributed by atoms with Crippen LogP contribution in [0.1, 0.15) is 50.8 Å². The quantitative estimate of drug-likeness (QED) is 0.885. The fraction of sp³-hybridized carbons (Fsp3) is 0.750. The van der Waals surface area contributed by atoms with E-state index in [-0.39, 0.29) is 5.41 Å². The lowest BCUT2D eigenvalue weighted by Crippen LogP contribution is -2.27. The molecule has 0 bridgehead atoms. The predicted octanol–water partition coefficient (Wildman–Crippen LogP) is 3.08. The van der Waals surface area contributed by atoms with Crippen molar-refractivity contribution in [3.63, 3.8) is 0 Å².